The number of amides is 2. The van der Waals surface area contributed by atoms with Gasteiger partial charge < -0.3 is 15.5 Å². The molecular formula is C13H14F3N3O2. The highest BCUT2D eigenvalue weighted by Gasteiger charge is 2.24. The first-order chi connectivity index (χ1) is 9.99. The van der Waals surface area contributed by atoms with E-state index in [1.807, 2.05) is 5.32 Å². The lowest BCUT2D eigenvalue weighted by Crippen LogP contribution is -2.41. The van der Waals surface area contributed by atoms with Crippen molar-refractivity contribution in [2.45, 2.75) is 6.42 Å². The molecule has 2 N–H and O–H groups in total. The molecule has 0 spiro atoms. The highest BCUT2D eigenvalue weighted by molar-refractivity contribution is 6.39. The normalized spacial score (nSPS) is 15.5. The number of hydrogen-bond donors (Lipinski definition) is 2. The highest BCUT2D eigenvalue weighted by atomic mass is 19.2. The van der Waals surface area contributed by atoms with E-state index in [0.29, 0.717) is 38.2 Å². The van der Waals surface area contributed by atoms with Gasteiger partial charge in [0.15, 0.2) is 11.6 Å². The molecule has 1 heterocycles. The fraction of sp³-hybridized carbons (Fsp3) is 0.385. The standard InChI is InChI=1S/C13H14F3N3O2/c14-8-6-10(16)11(7-9(8)15)18-12(20)13(21)19-4-1-2-17-3-5-19/h6-7,17H,1-5H2,(H,18,20). The number of rotatable bonds is 1. The lowest BCUT2D eigenvalue weighted by molar-refractivity contribution is -0.143. The summed E-state index contributed by atoms with van der Waals surface area (Å²) in [5.74, 6) is -5.73. The van der Waals surface area contributed by atoms with Gasteiger partial charge in [-0.15, -0.1) is 0 Å². The van der Waals surface area contributed by atoms with E-state index in [1.165, 1.54) is 4.90 Å². The second kappa shape index (κ2) is 6.57. The Hall–Kier alpha value is -2.09. The molecule has 0 aromatic heterocycles. The first-order valence-electron chi connectivity index (χ1n) is 6.44. The molecule has 114 valence electrons. The smallest absolute Gasteiger partial charge is 0.313 e. The Morgan fingerprint density at radius 1 is 1.05 bits per heavy atom. The topological polar surface area (TPSA) is 61.4 Å². The van der Waals surface area contributed by atoms with Crippen molar-refractivity contribution in [1.82, 2.24) is 10.2 Å². The zero-order valence-corrected chi connectivity index (χ0v) is 11.1. The lowest BCUT2D eigenvalue weighted by Gasteiger charge is -2.19. The van der Waals surface area contributed by atoms with Gasteiger partial charge >= 0.3 is 11.8 Å². The van der Waals surface area contributed by atoms with Crippen LogP contribution in [0.4, 0.5) is 18.9 Å². The van der Waals surface area contributed by atoms with E-state index in [1.54, 1.807) is 0 Å². The number of hydrogen-bond acceptors (Lipinski definition) is 3. The number of halogens is 3. The van der Waals surface area contributed by atoms with Crippen molar-refractivity contribution < 1.29 is 22.8 Å². The van der Waals surface area contributed by atoms with Crippen molar-refractivity contribution in [3.05, 3.63) is 29.6 Å². The molecule has 2 amide bonds. The zero-order valence-electron chi connectivity index (χ0n) is 11.1. The van der Waals surface area contributed by atoms with Crippen molar-refractivity contribution in [3.8, 4) is 0 Å². The molecule has 2 rings (SSSR count). The van der Waals surface area contributed by atoms with Gasteiger partial charge in [0.05, 0.1) is 5.69 Å². The van der Waals surface area contributed by atoms with Crippen molar-refractivity contribution in [3.63, 3.8) is 0 Å². The summed E-state index contributed by atoms with van der Waals surface area (Å²) in [7, 11) is 0. The Balaban J connectivity index is 2.06. The number of carbonyl (C=O) groups excluding carboxylic acids is 2. The Bertz CT molecular complexity index is 558. The van der Waals surface area contributed by atoms with E-state index >= 15 is 0 Å². The Kier molecular flexibility index (Phi) is 4.79. The molecular weight excluding hydrogens is 287 g/mol. The van der Waals surface area contributed by atoms with Crippen LogP contribution in [0.15, 0.2) is 12.1 Å². The van der Waals surface area contributed by atoms with E-state index in [-0.39, 0.29) is 0 Å². The Morgan fingerprint density at radius 3 is 2.52 bits per heavy atom. The predicted octanol–water partition coefficient (Wildman–Crippen LogP) is 0.864. The largest absolute Gasteiger partial charge is 0.333 e. The van der Waals surface area contributed by atoms with E-state index < -0.39 is 35.0 Å². The molecule has 1 aromatic rings. The van der Waals surface area contributed by atoms with Crippen molar-refractivity contribution in [2.24, 2.45) is 0 Å². The highest BCUT2D eigenvalue weighted by Crippen LogP contribution is 2.18. The quantitative estimate of drug-likeness (QED) is 0.597. The molecule has 8 heteroatoms. The summed E-state index contributed by atoms with van der Waals surface area (Å²) in [5.41, 5.74) is -0.569. The molecule has 1 aliphatic rings. The summed E-state index contributed by atoms with van der Waals surface area (Å²) in [6, 6.07) is 0.811. The summed E-state index contributed by atoms with van der Waals surface area (Å²) in [6.45, 7) is 2.05. The van der Waals surface area contributed by atoms with Crippen LogP contribution in [0, 0.1) is 17.5 Å². The fourth-order valence-electron chi connectivity index (χ4n) is 1.99. The average Bonchev–Trinajstić information content (AvgIpc) is 2.72. The molecule has 1 aromatic carbocycles. The van der Waals surface area contributed by atoms with Crippen LogP contribution < -0.4 is 10.6 Å². The molecule has 21 heavy (non-hydrogen) atoms. The molecule has 0 aliphatic carbocycles. The van der Waals surface area contributed by atoms with E-state index in [9.17, 15) is 22.8 Å². The first kappa shape index (κ1) is 15.3. The van der Waals surface area contributed by atoms with Crippen LogP contribution in [0.2, 0.25) is 0 Å². The minimum absolute atomic E-state index is 0.311. The number of carbonyl (C=O) groups is 2. The predicted molar refractivity (Wildman–Crippen MR) is 69.0 cm³/mol. The van der Waals surface area contributed by atoms with Crippen LogP contribution in [-0.4, -0.2) is 42.9 Å². The summed E-state index contributed by atoms with van der Waals surface area (Å²) >= 11 is 0. The number of anilines is 1. The molecule has 0 saturated carbocycles. The maximum atomic E-state index is 13.4. The van der Waals surface area contributed by atoms with Gasteiger partial charge in [-0.3, -0.25) is 9.59 Å². The number of nitrogens with one attached hydrogen (secondary N) is 2. The zero-order chi connectivity index (χ0) is 15.4. The van der Waals surface area contributed by atoms with Crippen LogP contribution in [0.5, 0.6) is 0 Å². The van der Waals surface area contributed by atoms with Gasteiger partial charge in [-0.25, -0.2) is 13.2 Å². The van der Waals surface area contributed by atoms with E-state index in [2.05, 4.69) is 5.32 Å². The maximum Gasteiger partial charge on any atom is 0.313 e. The van der Waals surface area contributed by atoms with Crippen LogP contribution in [0.1, 0.15) is 6.42 Å². The molecule has 0 unspecified atom stereocenters. The van der Waals surface area contributed by atoms with Crippen LogP contribution in [-0.2, 0) is 9.59 Å². The number of nitrogens with zero attached hydrogens (tertiary/aromatic N) is 1. The van der Waals surface area contributed by atoms with Gasteiger partial charge in [0, 0.05) is 31.8 Å². The first-order valence-corrected chi connectivity index (χ1v) is 6.44. The molecule has 1 fully saturated rings. The third-order valence-corrected chi connectivity index (χ3v) is 3.08. The van der Waals surface area contributed by atoms with Gasteiger partial charge in [0.2, 0.25) is 0 Å². The monoisotopic (exact) mass is 301 g/mol. The Morgan fingerprint density at radius 2 is 1.76 bits per heavy atom. The fourth-order valence-corrected chi connectivity index (χ4v) is 1.99. The van der Waals surface area contributed by atoms with Crippen LogP contribution in [0.3, 0.4) is 0 Å². The molecule has 5 nitrogen and oxygen atoms in total. The maximum absolute atomic E-state index is 13.4. The Labute approximate surface area is 119 Å². The second-order valence-electron chi connectivity index (χ2n) is 4.60. The van der Waals surface area contributed by atoms with Gasteiger partial charge in [-0.2, -0.15) is 0 Å². The summed E-state index contributed by atoms with van der Waals surface area (Å²) in [4.78, 5) is 25.0. The van der Waals surface area contributed by atoms with Gasteiger partial charge in [0.1, 0.15) is 5.82 Å². The van der Waals surface area contributed by atoms with Crippen molar-refractivity contribution in [2.75, 3.05) is 31.5 Å². The third kappa shape index (κ3) is 3.72. The molecule has 1 saturated heterocycles. The molecule has 0 bridgehead atoms. The third-order valence-electron chi connectivity index (χ3n) is 3.08. The molecule has 0 radical (unpaired) electrons. The second-order valence-corrected chi connectivity index (χ2v) is 4.60. The summed E-state index contributed by atoms with van der Waals surface area (Å²) < 4.78 is 39.2. The molecule has 1 aliphatic heterocycles. The minimum Gasteiger partial charge on any atom is -0.333 e. The van der Waals surface area contributed by atoms with Crippen LogP contribution in [0.25, 0.3) is 0 Å². The number of benzene rings is 1. The SMILES string of the molecule is O=C(Nc1cc(F)c(F)cc1F)C(=O)N1CCCNCC1. The van der Waals surface area contributed by atoms with Gasteiger partial charge in [-0.05, 0) is 13.0 Å². The van der Waals surface area contributed by atoms with E-state index in [0.717, 1.165) is 6.54 Å². The summed E-state index contributed by atoms with van der Waals surface area (Å²) in [5, 5.41) is 5.03. The van der Waals surface area contributed by atoms with Gasteiger partial charge in [0.25, 0.3) is 0 Å². The summed E-state index contributed by atoms with van der Waals surface area (Å²) in [6.07, 6.45) is 0.693. The van der Waals surface area contributed by atoms with E-state index in [4.69, 9.17) is 0 Å². The average molecular weight is 301 g/mol. The minimum atomic E-state index is -1.37. The van der Waals surface area contributed by atoms with Crippen LogP contribution >= 0.6 is 0 Å². The molecule has 0 atom stereocenters. The van der Waals surface area contributed by atoms with Gasteiger partial charge in [-0.1, -0.05) is 0 Å². The van der Waals surface area contributed by atoms with Crippen molar-refractivity contribution >= 4 is 17.5 Å². The lowest BCUT2D eigenvalue weighted by atomic mass is 10.2. The van der Waals surface area contributed by atoms with Crippen molar-refractivity contribution in [1.29, 1.82) is 0 Å².